The number of amides is 1. The summed E-state index contributed by atoms with van der Waals surface area (Å²) < 4.78 is 0. The van der Waals surface area contributed by atoms with Crippen LogP contribution in [0.15, 0.2) is 35.2 Å². The third kappa shape index (κ3) is 2.94. The standard InChI is InChI=1S/C19H21NOS2/c1-12-6-2-4-8-15(12)20-19(21)17-10-13-11-22-16-9-5-3-7-14(16)18(13)23-17/h3,5,7,9-10,12,15H,2,4,6,8,11H2,1H3,(H,20,21)/t12-,15+/m1/s1. The molecule has 1 saturated carbocycles. The second-order valence-electron chi connectivity index (χ2n) is 6.59. The van der Waals surface area contributed by atoms with Gasteiger partial charge < -0.3 is 5.32 Å². The molecule has 1 aliphatic carbocycles. The summed E-state index contributed by atoms with van der Waals surface area (Å²) in [4.78, 5) is 16.2. The summed E-state index contributed by atoms with van der Waals surface area (Å²) in [6.07, 6.45) is 4.89. The van der Waals surface area contributed by atoms with Crippen LogP contribution in [0.3, 0.4) is 0 Å². The molecule has 4 rings (SSSR count). The van der Waals surface area contributed by atoms with Crippen LogP contribution in [0.1, 0.15) is 47.8 Å². The van der Waals surface area contributed by atoms with Crippen LogP contribution in [-0.4, -0.2) is 11.9 Å². The molecule has 0 spiro atoms. The molecule has 2 aromatic rings. The summed E-state index contributed by atoms with van der Waals surface area (Å²) >= 11 is 3.52. The Bertz CT molecular complexity index is 737. The van der Waals surface area contributed by atoms with Gasteiger partial charge >= 0.3 is 0 Å². The van der Waals surface area contributed by atoms with Gasteiger partial charge in [-0.2, -0.15) is 0 Å². The molecule has 1 aromatic carbocycles. The first-order valence-electron chi connectivity index (χ1n) is 8.38. The Hall–Kier alpha value is -1.26. The van der Waals surface area contributed by atoms with Gasteiger partial charge in [-0.3, -0.25) is 4.79 Å². The monoisotopic (exact) mass is 343 g/mol. The number of thiophene rings is 1. The van der Waals surface area contributed by atoms with E-state index in [2.05, 4.69) is 42.6 Å². The summed E-state index contributed by atoms with van der Waals surface area (Å²) in [6, 6.07) is 11.0. The maximum Gasteiger partial charge on any atom is 0.261 e. The highest BCUT2D eigenvalue weighted by Gasteiger charge is 2.26. The van der Waals surface area contributed by atoms with E-state index in [1.807, 2.05) is 11.8 Å². The molecule has 0 saturated heterocycles. The van der Waals surface area contributed by atoms with E-state index in [1.165, 1.54) is 40.2 Å². The van der Waals surface area contributed by atoms with Crippen LogP contribution in [0.4, 0.5) is 0 Å². The number of thioether (sulfide) groups is 1. The van der Waals surface area contributed by atoms with Crippen molar-refractivity contribution in [1.29, 1.82) is 0 Å². The van der Waals surface area contributed by atoms with E-state index in [-0.39, 0.29) is 5.91 Å². The first kappa shape index (κ1) is 15.3. The SMILES string of the molecule is C[C@@H]1CCCC[C@@H]1NC(=O)c1cc2c(s1)-c1ccccc1SC2. The average molecular weight is 344 g/mol. The number of nitrogens with one attached hydrogen (secondary N) is 1. The fourth-order valence-electron chi connectivity index (χ4n) is 3.58. The van der Waals surface area contributed by atoms with Crippen LogP contribution >= 0.6 is 23.1 Å². The van der Waals surface area contributed by atoms with E-state index in [9.17, 15) is 4.79 Å². The Morgan fingerprint density at radius 1 is 1.22 bits per heavy atom. The van der Waals surface area contributed by atoms with Gasteiger partial charge in [0.1, 0.15) is 0 Å². The first-order chi connectivity index (χ1) is 11.2. The molecule has 4 heteroatoms. The number of hydrogen-bond acceptors (Lipinski definition) is 3. The lowest BCUT2D eigenvalue weighted by atomic mass is 9.86. The fraction of sp³-hybridized carbons (Fsp3) is 0.421. The van der Waals surface area contributed by atoms with Crippen LogP contribution < -0.4 is 5.32 Å². The Morgan fingerprint density at radius 3 is 2.91 bits per heavy atom. The fourth-order valence-corrected chi connectivity index (χ4v) is 5.90. The molecule has 2 aliphatic rings. The van der Waals surface area contributed by atoms with Gasteiger partial charge in [0, 0.05) is 27.1 Å². The molecule has 2 atom stereocenters. The largest absolute Gasteiger partial charge is 0.348 e. The maximum atomic E-state index is 12.7. The zero-order valence-electron chi connectivity index (χ0n) is 13.3. The Labute approximate surface area is 145 Å². The maximum absolute atomic E-state index is 12.7. The molecule has 1 fully saturated rings. The topological polar surface area (TPSA) is 29.1 Å². The van der Waals surface area contributed by atoms with Crippen molar-refractivity contribution in [1.82, 2.24) is 5.32 Å². The molecule has 23 heavy (non-hydrogen) atoms. The van der Waals surface area contributed by atoms with Crippen molar-refractivity contribution in [2.45, 2.75) is 49.3 Å². The lowest BCUT2D eigenvalue weighted by molar-refractivity contribution is 0.0914. The Kier molecular flexibility index (Phi) is 4.20. The van der Waals surface area contributed by atoms with Gasteiger partial charge in [-0.25, -0.2) is 0 Å². The van der Waals surface area contributed by atoms with Crippen LogP contribution in [0.5, 0.6) is 0 Å². The molecule has 1 aliphatic heterocycles. The highest BCUT2D eigenvalue weighted by Crippen LogP contribution is 2.45. The van der Waals surface area contributed by atoms with Crippen LogP contribution in [0.2, 0.25) is 0 Å². The van der Waals surface area contributed by atoms with Crippen molar-refractivity contribution in [2.24, 2.45) is 5.92 Å². The number of benzene rings is 1. The van der Waals surface area contributed by atoms with E-state index in [0.717, 1.165) is 17.1 Å². The van der Waals surface area contributed by atoms with Gasteiger partial charge in [-0.1, -0.05) is 38.0 Å². The molecule has 2 heterocycles. The molecule has 120 valence electrons. The molecular weight excluding hydrogens is 322 g/mol. The van der Waals surface area contributed by atoms with Crippen molar-refractivity contribution in [3.05, 3.63) is 40.8 Å². The lowest BCUT2D eigenvalue weighted by Crippen LogP contribution is -2.40. The highest BCUT2D eigenvalue weighted by molar-refractivity contribution is 7.98. The smallest absolute Gasteiger partial charge is 0.261 e. The summed E-state index contributed by atoms with van der Waals surface area (Å²) in [5.41, 5.74) is 2.59. The molecular formula is C19H21NOS2. The van der Waals surface area contributed by atoms with Crippen molar-refractivity contribution >= 4 is 29.0 Å². The summed E-state index contributed by atoms with van der Waals surface area (Å²) in [5, 5.41) is 3.28. The molecule has 1 amide bonds. The van der Waals surface area contributed by atoms with Gasteiger partial charge in [0.05, 0.1) is 4.88 Å². The molecule has 1 aromatic heterocycles. The number of hydrogen-bond donors (Lipinski definition) is 1. The van der Waals surface area contributed by atoms with Gasteiger partial charge in [0.15, 0.2) is 0 Å². The third-order valence-corrected chi connectivity index (χ3v) is 7.31. The second kappa shape index (κ2) is 6.33. The quantitative estimate of drug-likeness (QED) is 0.798. The third-order valence-electron chi connectivity index (χ3n) is 4.98. The van der Waals surface area contributed by atoms with Crippen LogP contribution in [0.25, 0.3) is 10.4 Å². The Morgan fingerprint density at radius 2 is 2.04 bits per heavy atom. The van der Waals surface area contributed by atoms with Crippen LogP contribution in [0, 0.1) is 5.92 Å². The van der Waals surface area contributed by atoms with Gasteiger partial charge in [0.25, 0.3) is 5.91 Å². The number of fused-ring (bicyclic) bond motifs is 3. The first-order valence-corrected chi connectivity index (χ1v) is 10.2. The molecule has 0 unspecified atom stereocenters. The normalized spacial score (nSPS) is 23.0. The minimum Gasteiger partial charge on any atom is -0.348 e. The highest BCUT2D eigenvalue weighted by atomic mass is 32.2. The summed E-state index contributed by atoms with van der Waals surface area (Å²) in [6.45, 7) is 2.26. The molecule has 0 bridgehead atoms. The molecule has 1 N–H and O–H groups in total. The van der Waals surface area contributed by atoms with E-state index < -0.39 is 0 Å². The van der Waals surface area contributed by atoms with Gasteiger partial charge in [0.2, 0.25) is 0 Å². The van der Waals surface area contributed by atoms with Gasteiger partial charge in [-0.05, 0) is 36.5 Å². The average Bonchev–Trinajstić information content (AvgIpc) is 3.02. The van der Waals surface area contributed by atoms with E-state index in [1.54, 1.807) is 11.3 Å². The van der Waals surface area contributed by atoms with E-state index >= 15 is 0 Å². The molecule has 2 nitrogen and oxygen atoms in total. The lowest BCUT2D eigenvalue weighted by Gasteiger charge is -2.29. The number of carbonyl (C=O) groups is 1. The predicted octanol–water partition coefficient (Wildman–Crippen LogP) is 5.33. The molecule has 0 radical (unpaired) electrons. The van der Waals surface area contributed by atoms with Crippen molar-refractivity contribution in [2.75, 3.05) is 0 Å². The second-order valence-corrected chi connectivity index (χ2v) is 8.66. The van der Waals surface area contributed by atoms with Crippen molar-refractivity contribution in [3.63, 3.8) is 0 Å². The summed E-state index contributed by atoms with van der Waals surface area (Å²) in [7, 11) is 0. The Balaban J connectivity index is 1.57. The summed E-state index contributed by atoms with van der Waals surface area (Å²) in [5.74, 6) is 1.68. The number of carbonyl (C=O) groups excluding carboxylic acids is 1. The van der Waals surface area contributed by atoms with Crippen molar-refractivity contribution < 1.29 is 4.79 Å². The minimum atomic E-state index is 0.116. The van der Waals surface area contributed by atoms with Gasteiger partial charge in [-0.15, -0.1) is 23.1 Å². The predicted molar refractivity (Wildman–Crippen MR) is 98.2 cm³/mol. The zero-order valence-corrected chi connectivity index (χ0v) is 14.9. The zero-order chi connectivity index (χ0) is 15.8. The van der Waals surface area contributed by atoms with E-state index in [4.69, 9.17) is 0 Å². The van der Waals surface area contributed by atoms with Crippen LogP contribution in [-0.2, 0) is 5.75 Å². The number of rotatable bonds is 2. The van der Waals surface area contributed by atoms with E-state index in [0.29, 0.717) is 12.0 Å². The van der Waals surface area contributed by atoms with Crippen molar-refractivity contribution in [3.8, 4) is 10.4 Å². The minimum absolute atomic E-state index is 0.116.